The lowest BCUT2D eigenvalue weighted by Gasteiger charge is -2.02. The van der Waals surface area contributed by atoms with Crippen molar-refractivity contribution in [1.82, 2.24) is 19.7 Å². The zero-order valence-electron chi connectivity index (χ0n) is 12.8. The van der Waals surface area contributed by atoms with E-state index in [-0.39, 0.29) is 0 Å². The van der Waals surface area contributed by atoms with Gasteiger partial charge in [-0.2, -0.15) is 5.10 Å². The second-order valence-corrected chi connectivity index (χ2v) is 5.41. The fraction of sp³-hybridized carbons (Fsp3) is 0.0526. The number of rotatable bonds is 4. The van der Waals surface area contributed by atoms with E-state index in [0.29, 0.717) is 17.9 Å². The van der Waals surface area contributed by atoms with E-state index in [2.05, 4.69) is 9.97 Å². The minimum atomic E-state index is 0.399. The number of hydrogen-bond acceptors (Lipinski definition) is 4. The lowest BCUT2D eigenvalue weighted by molar-refractivity contribution is 0.111. The van der Waals surface area contributed by atoms with E-state index >= 15 is 0 Å². The minimum absolute atomic E-state index is 0.399. The maximum atomic E-state index is 11.0. The van der Waals surface area contributed by atoms with Crippen LogP contribution >= 0.6 is 0 Å². The molecule has 0 radical (unpaired) electrons. The number of pyridine rings is 2. The van der Waals surface area contributed by atoms with Gasteiger partial charge >= 0.3 is 0 Å². The third kappa shape index (κ3) is 2.56. The van der Waals surface area contributed by atoms with Crippen molar-refractivity contribution >= 4 is 17.2 Å². The molecular formula is C19H14N4O. The number of hydrogen-bond donors (Lipinski definition) is 0. The van der Waals surface area contributed by atoms with Crippen LogP contribution in [-0.2, 0) is 6.54 Å². The number of para-hydroxylation sites is 1. The average molecular weight is 314 g/mol. The summed E-state index contributed by atoms with van der Waals surface area (Å²) in [5.74, 6) is 0. The van der Waals surface area contributed by atoms with Gasteiger partial charge in [-0.1, -0.05) is 30.3 Å². The van der Waals surface area contributed by atoms with E-state index in [0.717, 1.165) is 28.6 Å². The molecule has 0 bridgehead atoms. The van der Waals surface area contributed by atoms with Gasteiger partial charge in [0.15, 0.2) is 6.29 Å². The molecular weight excluding hydrogens is 300 g/mol. The van der Waals surface area contributed by atoms with Crippen LogP contribution in [0, 0.1) is 0 Å². The molecule has 3 aromatic heterocycles. The second-order valence-electron chi connectivity index (χ2n) is 5.41. The summed E-state index contributed by atoms with van der Waals surface area (Å²) in [6, 6.07) is 19.2. The number of carbonyl (C=O) groups is 1. The van der Waals surface area contributed by atoms with E-state index in [1.165, 1.54) is 0 Å². The van der Waals surface area contributed by atoms with Crippen molar-refractivity contribution < 1.29 is 4.79 Å². The van der Waals surface area contributed by atoms with Gasteiger partial charge in [-0.15, -0.1) is 0 Å². The molecule has 116 valence electrons. The number of nitrogens with zero attached hydrogens (tertiary/aromatic N) is 4. The molecule has 0 aliphatic rings. The molecule has 1 aromatic carbocycles. The van der Waals surface area contributed by atoms with Gasteiger partial charge < -0.3 is 0 Å². The molecule has 5 heteroatoms. The van der Waals surface area contributed by atoms with Crippen molar-refractivity contribution in [2.75, 3.05) is 0 Å². The summed E-state index contributed by atoms with van der Waals surface area (Å²) in [5, 5.41) is 5.73. The monoisotopic (exact) mass is 314 g/mol. The van der Waals surface area contributed by atoms with Crippen LogP contribution in [-0.4, -0.2) is 26.0 Å². The SMILES string of the molecule is O=Cc1cccc(-c2nn(Cc3ccccn3)c3ccccc23)n1. The highest BCUT2D eigenvalue weighted by Crippen LogP contribution is 2.27. The predicted octanol–water partition coefficient (Wildman–Crippen LogP) is 3.35. The smallest absolute Gasteiger partial charge is 0.168 e. The van der Waals surface area contributed by atoms with E-state index in [1.54, 1.807) is 12.3 Å². The van der Waals surface area contributed by atoms with Crippen LogP contribution in [0.3, 0.4) is 0 Å². The first kappa shape index (κ1) is 14.3. The molecule has 0 N–H and O–H groups in total. The van der Waals surface area contributed by atoms with Crippen molar-refractivity contribution in [3.63, 3.8) is 0 Å². The Morgan fingerprint density at radius 1 is 0.958 bits per heavy atom. The number of aldehydes is 1. The zero-order valence-corrected chi connectivity index (χ0v) is 12.8. The fourth-order valence-corrected chi connectivity index (χ4v) is 2.73. The highest BCUT2D eigenvalue weighted by Gasteiger charge is 2.13. The van der Waals surface area contributed by atoms with E-state index < -0.39 is 0 Å². The summed E-state index contributed by atoms with van der Waals surface area (Å²) in [7, 11) is 0. The molecule has 4 rings (SSSR count). The topological polar surface area (TPSA) is 60.7 Å². The van der Waals surface area contributed by atoms with Gasteiger partial charge in [0.2, 0.25) is 0 Å². The van der Waals surface area contributed by atoms with Gasteiger partial charge in [0.1, 0.15) is 11.4 Å². The second kappa shape index (κ2) is 6.04. The molecule has 0 amide bonds. The highest BCUT2D eigenvalue weighted by molar-refractivity contribution is 5.92. The lowest BCUT2D eigenvalue weighted by Crippen LogP contribution is -2.03. The lowest BCUT2D eigenvalue weighted by atomic mass is 10.1. The fourth-order valence-electron chi connectivity index (χ4n) is 2.73. The summed E-state index contributed by atoms with van der Waals surface area (Å²) in [6.07, 6.45) is 2.52. The number of benzene rings is 1. The van der Waals surface area contributed by atoms with Crippen molar-refractivity contribution in [3.8, 4) is 11.4 Å². The van der Waals surface area contributed by atoms with Crippen LogP contribution in [0.25, 0.3) is 22.3 Å². The largest absolute Gasteiger partial charge is 0.296 e. The Hall–Kier alpha value is -3.34. The molecule has 0 saturated carbocycles. The molecule has 0 saturated heterocycles. The number of carbonyl (C=O) groups excluding carboxylic acids is 1. The third-order valence-electron chi connectivity index (χ3n) is 3.83. The molecule has 0 aliphatic carbocycles. The first-order chi connectivity index (χ1) is 11.8. The van der Waals surface area contributed by atoms with Crippen molar-refractivity contribution in [2.24, 2.45) is 0 Å². The first-order valence-corrected chi connectivity index (χ1v) is 7.63. The molecule has 0 fully saturated rings. The van der Waals surface area contributed by atoms with E-state index in [9.17, 15) is 4.79 Å². The molecule has 4 aromatic rings. The van der Waals surface area contributed by atoms with Gasteiger partial charge in [-0.25, -0.2) is 4.98 Å². The Morgan fingerprint density at radius 3 is 2.67 bits per heavy atom. The Bertz CT molecular complexity index is 1010. The van der Waals surface area contributed by atoms with Crippen LogP contribution in [0.5, 0.6) is 0 Å². The molecule has 5 nitrogen and oxygen atoms in total. The summed E-state index contributed by atoms with van der Waals surface area (Å²) >= 11 is 0. The van der Waals surface area contributed by atoms with Gasteiger partial charge in [0, 0.05) is 11.6 Å². The molecule has 3 heterocycles. The van der Waals surface area contributed by atoms with Crippen LogP contribution in [0.15, 0.2) is 66.9 Å². The van der Waals surface area contributed by atoms with Gasteiger partial charge in [0.05, 0.1) is 23.4 Å². The van der Waals surface area contributed by atoms with Crippen molar-refractivity contribution in [1.29, 1.82) is 0 Å². The molecule has 0 aliphatic heterocycles. The van der Waals surface area contributed by atoms with Gasteiger partial charge in [-0.3, -0.25) is 14.5 Å². The quantitative estimate of drug-likeness (QED) is 0.542. The maximum absolute atomic E-state index is 11.0. The predicted molar refractivity (Wildman–Crippen MR) is 91.7 cm³/mol. The van der Waals surface area contributed by atoms with Crippen LogP contribution in [0.4, 0.5) is 0 Å². The van der Waals surface area contributed by atoms with Crippen LogP contribution in [0.1, 0.15) is 16.2 Å². The Labute approximate surface area is 138 Å². The van der Waals surface area contributed by atoms with Gasteiger partial charge in [0.25, 0.3) is 0 Å². The van der Waals surface area contributed by atoms with Crippen molar-refractivity contribution in [2.45, 2.75) is 6.54 Å². The van der Waals surface area contributed by atoms with Crippen LogP contribution in [0.2, 0.25) is 0 Å². The Balaban J connectivity index is 1.86. The normalized spacial score (nSPS) is 10.8. The van der Waals surface area contributed by atoms with E-state index in [4.69, 9.17) is 5.10 Å². The summed E-state index contributed by atoms with van der Waals surface area (Å²) in [4.78, 5) is 19.7. The summed E-state index contributed by atoms with van der Waals surface area (Å²) in [6.45, 7) is 0.578. The van der Waals surface area contributed by atoms with Gasteiger partial charge in [-0.05, 0) is 30.3 Å². The van der Waals surface area contributed by atoms with Crippen molar-refractivity contribution in [3.05, 3.63) is 78.2 Å². The molecule has 0 spiro atoms. The Morgan fingerprint density at radius 2 is 1.83 bits per heavy atom. The van der Waals surface area contributed by atoms with Crippen LogP contribution < -0.4 is 0 Å². The highest BCUT2D eigenvalue weighted by atomic mass is 16.1. The minimum Gasteiger partial charge on any atom is -0.296 e. The number of aromatic nitrogens is 4. The first-order valence-electron chi connectivity index (χ1n) is 7.63. The maximum Gasteiger partial charge on any atom is 0.168 e. The summed E-state index contributed by atoms with van der Waals surface area (Å²) in [5.41, 5.74) is 3.81. The molecule has 24 heavy (non-hydrogen) atoms. The van der Waals surface area contributed by atoms with E-state index in [1.807, 2.05) is 59.3 Å². The number of fused-ring (bicyclic) bond motifs is 1. The molecule has 0 atom stereocenters. The zero-order chi connectivity index (χ0) is 16.4. The standard InChI is InChI=1S/C19H14N4O/c24-13-15-7-5-9-17(21-15)19-16-8-1-2-10-18(16)23(22-19)12-14-6-3-4-11-20-14/h1-11,13H,12H2. The Kier molecular flexibility index (Phi) is 3.59. The summed E-state index contributed by atoms with van der Waals surface area (Å²) < 4.78 is 1.92. The average Bonchev–Trinajstić information content (AvgIpc) is 3.01. The molecule has 0 unspecified atom stereocenters. The third-order valence-corrected chi connectivity index (χ3v) is 3.83.